The maximum absolute atomic E-state index is 12.7. The van der Waals surface area contributed by atoms with Crippen LogP contribution >= 0.6 is 11.6 Å². The Labute approximate surface area is 168 Å². The lowest BCUT2D eigenvalue weighted by Gasteiger charge is -2.38. The Morgan fingerprint density at radius 1 is 1.07 bits per heavy atom. The van der Waals surface area contributed by atoms with Gasteiger partial charge >= 0.3 is 0 Å². The normalized spacial score (nSPS) is 18.3. The van der Waals surface area contributed by atoms with Crippen LogP contribution in [0.2, 0.25) is 5.02 Å². The molecule has 3 heterocycles. The highest BCUT2D eigenvalue weighted by molar-refractivity contribution is 6.33. The van der Waals surface area contributed by atoms with E-state index in [4.69, 9.17) is 16.3 Å². The van der Waals surface area contributed by atoms with E-state index in [1.807, 2.05) is 40.1 Å². The van der Waals surface area contributed by atoms with Crippen molar-refractivity contribution < 1.29 is 9.53 Å². The van der Waals surface area contributed by atoms with E-state index >= 15 is 0 Å². The molecular weight excluding hydrogens is 380 g/mol. The lowest BCUT2D eigenvalue weighted by Crippen LogP contribution is -2.51. The van der Waals surface area contributed by atoms with Gasteiger partial charge in [0.1, 0.15) is 5.02 Å². The van der Waals surface area contributed by atoms with E-state index in [9.17, 15) is 9.59 Å². The fourth-order valence-corrected chi connectivity index (χ4v) is 4.02. The van der Waals surface area contributed by atoms with Gasteiger partial charge < -0.3 is 14.5 Å². The molecule has 2 aliphatic rings. The molecule has 0 aliphatic carbocycles. The summed E-state index contributed by atoms with van der Waals surface area (Å²) in [5, 5.41) is 4.45. The Morgan fingerprint density at radius 2 is 1.75 bits per heavy atom. The van der Waals surface area contributed by atoms with Crippen molar-refractivity contribution in [3.05, 3.63) is 51.9 Å². The van der Waals surface area contributed by atoms with Crippen LogP contribution in [0.3, 0.4) is 0 Å². The van der Waals surface area contributed by atoms with E-state index < -0.39 is 0 Å². The summed E-state index contributed by atoms with van der Waals surface area (Å²) in [6.07, 6.45) is 3.23. The van der Waals surface area contributed by atoms with Gasteiger partial charge in [0, 0.05) is 45.3 Å². The first kappa shape index (κ1) is 19.0. The third-order valence-corrected chi connectivity index (χ3v) is 5.76. The van der Waals surface area contributed by atoms with Crippen molar-refractivity contribution in [2.45, 2.75) is 12.8 Å². The molecule has 1 amide bonds. The SMILES string of the molecule is O=C(C1CCOCC1)N1CCN(c2cnn(-c3ccccc3)c(=O)c2Cl)CC1. The summed E-state index contributed by atoms with van der Waals surface area (Å²) in [7, 11) is 0. The lowest BCUT2D eigenvalue weighted by atomic mass is 9.98. The highest BCUT2D eigenvalue weighted by atomic mass is 35.5. The summed E-state index contributed by atoms with van der Waals surface area (Å²) in [5.41, 5.74) is 0.955. The van der Waals surface area contributed by atoms with Crippen LogP contribution < -0.4 is 10.5 Å². The molecule has 0 bridgehead atoms. The number of ether oxygens (including phenoxy) is 1. The Kier molecular flexibility index (Phi) is 5.64. The van der Waals surface area contributed by atoms with Crippen molar-refractivity contribution in [3.63, 3.8) is 0 Å². The first-order valence-corrected chi connectivity index (χ1v) is 9.97. The van der Waals surface area contributed by atoms with Crippen molar-refractivity contribution in [2.75, 3.05) is 44.3 Å². The lowest BCUT2D eigenvalue weighted by molar-refractivity contribution is -0.138. The fraction of sp³-hybridized carbons (Fsp3) is 0.450. The van der Waals surface area contributed by atoms with Crippen LogP contribution in [0.5, 0.6) is 0 Å². The second-order valence-corrected chi connectivity index (χ2v) is 7.47. The van der Waals surface area contributed by atoms with E-state index in [-0.39, 0.29) is 22.4 Å². The molecule has 2 aliphatic heterocycles. The zero-order chi connectivity index (χ0) is 19.5. The molecule has 2 aromatic rings. The van der Waals surface area contributed by atoms with Gasteiger partial charge in [-0.25, -0.2) is 0 Å². The molecule has 2 saturated heterocycles. The molecule has 0 N–H and O–H groups in total. The van der Waals surface area contributed by atoms with Crippen LogP contribution in [-0.4, -0.2) is 60.0 Å². The average Bonchev–Trinajstić information content (AvgIpc) is 2.76. The number of anilines is 1. The minimum Gasteiger partial charge on any atom is -0.381 e. The van der Waals surface area contributed by atoms with Crippen molar-refractivity contribution >= 4 is 23.2 Å². The molecule has 28 heavy (non-hydrogen) atoms. The predicted octanol–water partition coefficient (Wildman–Crippen LogP) is 1.96. The molecule has 0 saturated carbocycles. The molecule has 2 fully saturated rings. The maximum atomic E-state index is 12.7. The summed E-state index contributed by atoms with van der Waals surface area (Å²) in [6.45, 7) is 3.82. The van der Waals surface area contributed by atoms with Gasteiger partial charge in [-0.3, -0.25) is 9.59 Å². The standard InChI is InChI=1S/C20H23ClN4O3/c21-18-17(14-22-25(20(18)27)16-4-2-1-3-5-16)23-8-10-24(11-9-23)19(26)15-6-12-28-13-7-15/h1-5,14-15H,6-13H2. The van der Waals surface area contributed by atoms with Gasteiger partial charge in [-0.1, -0.05) is 29.8 Å². The van der Waals surface area contributed by atoms with Crippen molar-refractivity contribution in [1.82, 2.24) is 14.7 Å². The molecule has 4 rings (SSSR count). The van der Waals surface area contributed by atoms with E-state index in [1.54, 1.807) is 6.20 Å². The van der Waals surface area contributed by atoms with E-state index in [0.717, 1.165) is 12.8 Å². The molecule has 148 valence electrons. The third-order valence-electron chi connectivity index (χ3n) is 5.40. The summed E-state index contributed by atoms with van der Waals surface area (Å²) >= 11 is 6.39. The molecule has 0 radical (unpaired) electrons. The van der Waals surface area contributed by atoms with Crippen LogP contribution in [0.15, 0.2) is 41.3 Å². The molecule has 1 aromatic carbocycles. The van der Waals surface area contributed by atoms with Crippen molar-refractivity contribution in [2.24, 2.45) is 5.92 Å². The van der Waals surface area contributed by atoms with Crippen molar-refractivity contribution in [3.8, 4) is 5.69 Å². The Morgan fingerprint density at radius 3 is 2.43 bits per heavy atom. The quantitative estimate of drug-likeness (QED) is 0.785. The van der Waals surface area contributed by atoms with Gasteiger partial charge in [-0.05, 0) is 25.0 Å². The highest BCUT2D eigenvalue weighted by Gasteiger charge is 2.29. The smallest absolute Gasteiger partial charge is 0.292 e. The van der Waals surface area contributed by atoms with Crippen LogP contribution in [0.25, 0.3) is 5.69 Å². The number of amides is 1. The number of benzene rings is 1. The number of carbonyl (C=O) groups is 1. The molecule has 0 atom stereocenters. The van der Waals surface area contributed by atoms with Gasteiger partial charge in [0.15, 0.2) is 0 Å². The first-order valence-electron chi connectivity index (χ1n) is 9.60. The Hall–Kier alpha value is -2.38. The monoisotopic (exact) mass is 402 g/mol. The molecule has 7 nitrogen and oxygen atoms in total. The van der Waals surface area contributed by atoms with E-state index in [0.29, 0.717) is 50.8 Å². The molecule has 8 heteroatoms. The minimum atomic E-state index is -0.342. The maximum Gasteiger partial charge on any atom is 0.292 e. The second-order valence-electron chi connectivity index (χ2n) is 7.10. The first-order chi connectivity index (χ1) is 13.6. The number of hydrogen-bond acceptors (Lipinski definition) is 5. The number of para-hydroxylation sites is 1. The Bertz CT molecular complexity index is 888. The number of carbonyl (C=O) groups excluding carboxylic acids is 1. The number of rotatable bonds is 3. The van der Waals surface area contributed by atoms with E-state index in [1.165, 1.54) is 4.68 Å². The van der Waals surface area contributed by atoms with Crippen LogP contribution in [0.4, 0.5) is 5.69 Å². The van der Waals surface area contributed by atoms with Gasteiger partial charge in [0.2, 0.25) is 5.91 Å². The number of hydrogen-bond donors (Lipinski definition) is 0. The predicted molar refractivity (Wildman–Crippen MR) is 107 cm³/mol. The van der Waals surface area contributed by atoms with Crippen LogP contribution in [0, 0.1) is 5.92 Å². The fourth-order valence-electron chi connectivity index (χ4n) is 3.77. The summed E-state index contributed by atoms with van der Waals surface area (Å²) in [6, 6.07) is 9.20. The van der Waals surface area contributed by atoms with Gasteiger partial charge in [-0.15, -0.1) is 0 Å². The minimum absolute atomic E-state index is 0.0698. The highest BCUT2D eigenvalue weighted by Crippen LogP contribution is 2.24. The molecule has 1 aromatic heterocycles. The molecular formula is C20H23ClN4O3. The zero-order valence-corrected chi connectivity index (χ0v) is 16.3. The Balaban J connectivity index is 1.45. The second kappa shape index (κ2) is 8.32. The third kappa shape index (κ3) is 3.77. The van der Waals surface area contributed by atoms with Crippen molar-refractivity contribution in [1.29, 1.82) is 0 Å². The molecule has 0 spiro atoms. The summed E-state index contributed by atoms with van der Waals surface area (Å²) in [4.78, 5) is 29.3. The topological polar surface area (TPSA) is 67.7 Å². The zero-order valence-electron chi connectivity index (χ0n) is 15.6. The van der Waals surface area contributed by atoms with Gasteiger partial charge in [-0.2, -0.15) is 9.78 Å². The number of piperazine rings is 1. The largest absolute Gasteiger partial charge is 0.381 e. The molecule has 0 unspecified atom stereocenters. The number of halogens is 1. The summed E-state index contributed by atoms with van der Waals surface area (Å²) < 4.78 is 6.65. The van der Waals surface area contributed by atoms with E-state index in [2.05, 4.69) is 5.10 Å². The van der Waals surface area contributed by atoms with Gasteiger partial charge in [0.25, 0.3) is 5.56 Å². The number of nitrogens with zero attached hydrogens (tertiary/aromatic N) is 4. The van der Waals surface area contributed by atoms with Crippen LogP contribution in [-0.2, 0) is 9.53 Å². The number of aromatic nitrogens is 2. The average molecular weight is 403 g/mol. The van der Waals surface area contributed by atoms with Gasteiger partial charge in [0.05, 0.1) is 17.6 Å². The summed E-state index contributed by atoms with van der Waals surface area (Å²) in [5.74, 6) is 0.284. The van der Waals surface area contributed by atoms with Crippen LogP contribution in [0.1, 0.15) is 12.8 Å².